The molecule has 10 heteroatoms. The van der Waals surface area contributed by atoms with Crippen LogP contribution in [0.25, 0.3) is 10.8 Å². The van der Waals surface area contributed by atoms with Crippen LogP contribution in [0.5, 0.6) is 0 Å². The van der Waals surface area contributed by atoms with Crippen LogP contribution in [0.2, 0.25) is 0 Å². The fraction of sp³-hybridized carbons (Fsp3) is 0.200. The molecule has 0 spiro atoms. The van der Waals surface area contributed by atoms with E-state index in [9.17, 15) is 10.1 Å². The van der Waals surface area contributed by atoms with E-state index in [4.69, 9.17) is 8.83 Å². The van der Waals surface area contributed by atoms with E-state index in [1.165, 1.54) is 11.3 Å². The van der Waals surface area contributed by atoms with Gasteiger partial charge in [-0.3, -0.25) is 4.79 Å². The van der Waals surface area contributed by atoms with E-state index in [0.717, 1.165) is 33.7 Å². The van der Waals surface area contributed by atoms with E-state index < -0.39 is 0 Å². The van der Waals surface area contributed by atoms with Gasteiger partial charge in [0, 0.05) is 5.69 Å². The van der Waals surface area contributed by atoms with Crippen LogP contribution in [-0.2, 0) is 11.3 Å². The zero-order valence-corrected chi connectivity index (χ0v) is 17.8. The molecule has 1 N–H and O–H groups in total. The fourth-order valence-corrected chi connectivity index (χ4v) is 4.16. The van der Waals surface area contributed by atoms with Gasteiger partial charge in [-0.05, 0) is 43.0 Å². The van der Waals surface area contributed by atoms with Crippen molar-refractivity contribution < 1.29 is 13.6 Å². The molecular formula is C20H17N5O3S2. The van der Waals surface area contributed by atoms with Gasteiger partial charge in [0.2, 0.25) is 5.91 Å². The number of anilines is 1. The number of furan rings is 1. The van der Waals surface area contributed by atoms with Gasteiger partial charge in [-0.15, -0.1) is 21.5 Å². The molecule has 0 aliphatic carbocycles. The Kier molecular flexibility index (Phi) is 5.74. The molecule has 4 aromatic heterocycles. The molecular weight excluding hydrogens is 422 g/mol. The van der Waals surface area contributed by atoms with Crippen LogP contribution in [0.1, 0.15) is 22.6 Å². The van der Waals surface area contributed by atoms with Crippen LogP contribution < -0.4 is 5.32 Å². The molecule has 0 unspecified atom stereocenters. The van der Waals surface area contributed by atoms with Gasteiger partial charge in [-0.1, -0.05) is 17.8 Å². The molecule has 0 saturated heterocycles. The molecule has 0 aliphatic rings. The number of hydrogen-bond donors (Lipinski definition) is 1. The highest BCUT2D eigenvalue weighted by Gasteiger charge is 2.21. The van der Waals surface area contributed by atoms with Gasteiger partial charge < -0.3 is 18.7 Å². The third kappa shape index (κ3) is 4.03. The molecule has 1 amide bonds. The maximum atomic E-state index is 12.6. The summed E-state index contributed by atoms with van der Waals surface area (Å²) >= 11 is 2.64. The fourth-order valence-electron chi connectivity index (χ4n) is 2.95. The first-order valence-corrected chi connectivity index (χ1v) is 10.9. The second-order valence-electron chi connectivity index (χ2n) is 6.40. The first-order valence-electron chi connectivity index (χ1n) is 8.99. The number of aromatic nitrogens is 3. The number of nitrogens with zero attached hydrogens (tertiary/aromatic N) is 4. The van der Waals surface area contributed by atoms with E-state index >= 15 is 0 Å². The second kappa shape index (κ2) is 8.61. The van der Waals surface area contributed by atoms with Crippen LogP contribution >= 0.6 is 23.1 Å². The lowest BCUT2D eigenvalue weighted by Crippen LogP contribution is -2.18. The summed E-state index contributed by atoms with van der Waals surface area (Å²) in [6.45, 7) is 4.19. The predicted octanol–water partition coefficient (Wildman–Crippen LogP) is 4.46. The van der Waals surface area contributed by atoms with Gasteiger partial charge in [0.1, 0.15) is 17.6 Å². The highest BCUT2D eigenvalue weighted by molar-refractivity contribution is 7.99. The lowest BCUT2D eigenvalue weighted by Gasteiger charge is -2.11. The maximum Gasteiger partial charge on any atom is 0.277 e. The Bertz CT molecular complexity index is 1200. The molecule has 4 aromatic rings. The summed E-state index contributed by atoms with van der Waals surface area (Å²) < 4.78 is 12.9. The molecule has 0 bridgehead atoms. The van der Waals surface area contributed by atoms with Crippen LogP contribution in [0.4, 0.5) is 5.82 Å². The van der Waals surface area contributed by atoms with Crippen molar-refractivity contribution >= 4 is 34.8 Å². The number of thioether (sulfide) groups is 1. The molecule has 0 radical (unpaired) electrons. The molecule has 4 rings (SSSR count). The van der Waals surface area contributed by atoms with Crippen molar-refractivity contribution in [1.29, 1.82) is 5.26 Å². The Morgan fingerprint density at radius 3 is 2.90 bits per heavy atom. The number of nitrogens with one attached hydrogen (secondary N) is 1. The summed E-state index contributed by atoms with van der Waals surface area (Å²) in [6.07, 6.45) is 1.59. The van der Waals surface area contributed by atoms with Crippen molar-refractivity contribution in [1.82, 2.24) is 14.8 Å². The lowest BCUT2D eigenvalue weighted by atomic mass is 10.2. The summed E-state index contributed by atoms with van der Waals surface area (Å²) in [7, 11) is 0. The normalized spacial score (nSPS) is 10.8. The highest BCUT2D eigenvalue weighted by atomic mass is 32.2. The topological polar surface area (TPSA) is 110 Å². The number of thiophene rings is 1. The first-order chi connectivity index (χ1) is 14.6. The average molecular weight is 440 g/mol. The van der Waals surface area contributed by atoms with Gasteiger partial charge in [-0.2, -0.15) is 5.26 Å². The Labute approximate surface area is 180 Å². The van der Waals surface area contributed by atoms with E-state index in [-0.39, 0.29) is 11.7 Å². The summed E-state index contributed by atoms with van der Waals surface area (Å²) in [5, 5.41) is 22.7. The minimum absolute atomic E-state index is 0.0704. The largest absolute Gasteiger partial charge is 0.467 e. The number of carbonyl (C=O) groups is 1. The van der Waals surface area contributed by atoms with Gasteiger partial charge >= 0.3 is 0 Å². The highest BCUT2D eigenvalue weighted by Crippen LogP contribution is 2.29. The summed E-state index contributed by atoms with van der Waals surface area (Å²) in [5.41, 5.74) is 2.16. The number of hydrogen-bond acceptors (Lipinski definition) is 8. The van der Waals surface area contributed by atoms with E-state index in [0.29, 0.717) is 29.0 Å². The van der Waals surface area contributed by atoms with Crippen LogP contribution in [0, 0.1) is 25.2 Å². The van der Waals surface area contributed by atoms with Crippen LogP contribution in [-0.4, -0.2) is 26.4 Å². The molecule has 4 heterocycles. The van der Waals surface area contributed by atoms with Crippen LogP contribution in [0.15, 0.2) is 50.0 Å². The standard InChI is InChI=1S/C20H17N5O3S2/c1-12-13(2)25(10-14-5-3-7-27-14)18(15(12)9-21)22-17(26)11-30-20-24-23-19(28-20)16-6-4-8-29-16/h3-8H,10-11H2,1-2H3,(H,22,26). The molecule has 0 aliphatic heterocycles. The van der Waals surface area contributed by atoms with Crippen molar-refractivity contribution in [3.8, 4) is 16.8 Å². The molecule has 0 saturated carbocycles. The van der Waals surface area contributed by atoms with Crippen molar-refractivity contribution in [2.24, 2.45) is 0 Å². The second-order valence-corrected chi connectivity index (χ2v) is 8.27. The zero-order chi connectivity index (χ0) is 21.1. The molecule has 30 heavy (non-hydrogen) atoms. The van der Waals surface area contributed by atoms with Crippen LogP contribution in [0.3, 0.4) is 0 Å². The van der Waals surface area contributed by atoms with Gasteiger partial charge in [0.05, 0.1) is 29.0 Å². The first kappa shape index (κ1) is 20.0. The third-order valence-corrected chi connectivity index (χ3v) is 6.23. The van der Waals surface area contributed by atoms with Crippen molar-refractivity contribution in [2.45, 2.75) is 25.6 Å². The Hall–Kier alpha value is -3.29. The number of rotatable bonds is 7. The molecule has 8 nitrogen and oxygen atoms in total. The molecule has 152 valence electrons. The third-order valence-electron chi connectivity index (χ3n) is 4.56. The van der Waals surface area contributed by atoms with E-state index in [2.05, 4.69) is 21.6 Å². The Morgan fingerprint density at radius 1 is 1.33 bits per heavy atom. The Balaban J connectivity index is 1.47. The van der Waals surface area contributed by atoms with Crippen molar-refractivity contribution in [2.75, 3.05) is 11.1 Å². The summed E-state index contributed by atoms with van der Waals surface area (Å²) in [6, 6.07) is 9.63. The Morgan fingerprint density at radius 2 is 2.20 bits per heavy atom. The number of carbonyl (C=O) groups excluding carboxylic acids is 1. The summed E-state index contributed by atoms with van der Waals surface area (Å²) in [5.74, 6) is 1.42. The quantitative estimate of drug-likeness (QED) is 0.423. The van der Waals surface area contributed by atoms with E-state index in [1.807, 2.05) is 42.0 Å². The molecule has 0 aromatic carbocycles. The van der Waals surface area contributed by atoms with Gasteiger partial charge in [0.25, 0.3) is 11.1 Å². The van der Waals surface area contributed by atoms with Gasteiger partial charge in [0.15, 0.2) is 0 Å². The monoisotopic (exact) mass is 439 g/mol. The smallest absolute Gasteiger partial charge is 0.277 e. The maximum absolute atomic E-state index is 12.6. The number of amides is 1. The van der Waals surface area contributed by atoms with Crippen molar-refractivity contribution in [3.63, 3.8) is 0 Å². The number of nitriles is 1. The summed E-state index contributed by atoms with van der Waals surface area (Å²) in [4.78, 5) is 13.5. The predicted molar refractivity (Wildman–Crippen MR) is 113 cm³/mol. The average Bonchev–Trinajstić information content (AvgIpc) is 3.53. The minimum Gasteiger partial charge on any atom is -0.467 e. The van der Waals surface area contributed by atoms with E-state index in [1.54, 1.807) is 12.3 Å². The molecule has 0 fully saturated rings. The SMILES string of the molecule is Cc1c(C#N)c(NC(=O)CSc2nnc(-c3cccs3)o2)n(Cc2ccco2)c1C. The lowest BCUT2D eigenvalue weighted by molar-refractivity contribution is -0.113. The van der Waals surface area contributed by atoms with Crippen molar-refractivity contribution in [3.05, 3.63) is 58.5 Å². The zero-order valence-electron chi connectivity index (χ0n) is 16.2. The molecule has 0 atom stereocenters. The minimum atomic E-state index is -0.273. The van der Waals surface area contributed by atoms with Gasteiger partial charge in [-0.25, -0.2) is 0 Å².